The number of ether oxygens (including phenoxy) is 1. The van der Waals surface area contributed by atoms with Gasteiger partial charge in [0.15, 0.2) is 0 Å². The average molecular weight is 454 g/mol. The maximum atomic E-state index is 13.5. The van der Waals surface area contributed by atoms with Gasteiger partial charge in [-0.25, -0.2) is 0 Å². The Hall–Kier alpha value is -2.88. The zero-order valence-electron chi connectivity index (χ0n) is 17.7. The van der Waals surface area contributed by atoms with Gasteiger partial charge in [-0.15, -0.1) is 11.8 Å². The van der Waals surface area contributed by atoms with Crippen LogP contribution in [0.5, 0.6) is 5.75 Å². The number of amides is 1. The molecule has 0 unspecified atom stereocenters. The summed E-state index contributed by atoms with van der Waals surface area (Å²) >= 11 is 8.10. The molecule has 1 amide bonds. The molecule has 0 saturated carbocycles. The Labute approximate surface area is 192 Å². The normalized spacial score (nSPS) is 15.9. The van der Waals surface area contributed by atoms with Gasteiger partial charge in [0.25, 0.3) is 5.91 Å². The first-order chi connectivity index (χ1) is 15.0. The summed E-state index contributed by atoms with van der Waals surface area (Å²) in [5.41, 5.74) is 2.91. The molecule has 0 saturated heterocycles. The number of carbonyl (C=O) groups is 1. The number of para-hydroxylation sites is 2. The van der Waals surface area contributed by atoms with Crippen LogP contribution in [0.15, 0.2) is 70.4 Å². The molecule has 1 atom stereocenters. The zero-order valence-corrected chi connectivity index (χ0v) is 19.2. The van der Waals surface area contributed by atoms with Crippen LogP contribution >= 0.6 is 23.4 Å². The molecule has 0 radical (unpaired) electrons. The summed E-state index contributed by atoms with van der Waals surface area (Å²) < 4.78 is 5.36. The highest BCUT2D eigenvalue weighted by molar-refractivity contribution is 8.03. The number of nitriles is 1. The van der Waals surface area contributed by atoms with Crippen LogP contribution in [0.25, 0.3) is 0 Å². The summed E-state index contributed by atoms with van der Waals surface area (Å²) in [6, 6.07) is 16.9. The van der Waals surface area contributed by atoms with Crippen LogP contribution in [0.3, 0.4) is 0 Å². The number of halogens is 1. The van der Waals surface area contributed by atoms with Crippen molar-refractivity contribution in [3.8, 4) is 11.8 Å². The minimum absolute atomic E-state index is 0.313. The van der Waals surface area contributed by atoms with Gasteiger partial charge in [-0.3, -0.25) is 4.79 Å². The lowest BCUT2D eigenvalue weighted by molar-refractivity contribution is -0.113. The maximum absolute atomic E-state index is 13.5. The highest BCUT2D eigenvalue weighted by Gasteiger charge is 2.35. The van der Waals surface area contributed by atoms with E-state index in [1.807, 2.05) is 37.3 Å². The van der Waals surface area contributed by atoms with E-state index in [2.05, 4.69) is 23.6 Å². The lowest BCUT2D eigenvalue weighted by atomic mass is 9.82. The summed E-state index contributed by atoms with van der Waals surface area (Å²) in [4.78, 5) is 13.5. The highest BCUT2D eigenvalue weighted by atomic mass is 35.5. The lowest BCUT2D eigenvalue weighted by Crippen LogP contribution is -2.31. The molecule has 160 valence electrons. The first-order valence-corrected chi connectivity index (χ1v) is 11.3. The number of anilines is 1. The summed E-state index contributed by atoms with van der Waals surface area (Å²) in [5.74, 6) is 0.529. The second-order valence-corrected chi connectivity index (χ2v) is 8.49. The molecule has 1 heterocycles. The second-order valence-electron chi connectivity index (χ2n) is 6.98. The first-order valence-electron chi connectivity index (χ1n) is 9.95. The van der Waals surface area contributed by atoms with Crippen molar-refractivity contribution in [1.29, 1.82) is 5.26 Å². The Bertz CT molecular complexity index is 1090. The van der Waals surface area contributed by atoms with E-state index in [0.29, 0.717) is 33.3 Å². The summed E-state index contributed by atoms with van der Waals surface area (Å²) in [5, 5.41) is 17.6. The zero-order chi connectivity index (χ0) is 22.4. The van der Waals surface area contributed by atoms with Crippen LogP contribution in [0.1, 0.15) is 31.7 Å². The number of hydrogen-bond acceptors (Lipinski definition) is 5. The highest BCUT2D eigenvalue weighted by Crippen LogP contribution is 2.43. The predicted octanol–water partition coefficient (Wildman–Crippen LogP) is 5.83. The van der Waals surface area contributed by atoms with E-state index in [0.717, 1.165) is 22.8 Å². The quantitative estimate of drug-likeness (QED) is 0.552. The molecule has 0 fully saturated rings. The number of allylic oxidation sites excluding steroid dienone is 2. The molecule has 3 rings (SSSR count). The fourth-order valence-electron chi connectivity index (χ4n) is 3.49. The molecule has 2 aromatic carbocycles. The van der Waals surface area contributed by atoms with Crippen molar-refractivity contribution in [3.05, 3.63) is 81.0 Å². The number of nitrogens with zero attached hydrogens (tertiary/aromatic N) is 1. The maximum Gasteiger partial charge on any atom is 0.254 e. The molecular formula is C24H24ClN3O2S. The van der Waals surface area contributed by atoms with Gasteiger partial charge in [0.2, 0.25) is 0 Å². The van der Waals surface area contributed by atoms with Crippen molar-refractivity contribution in [2.45, 2.75) is 26.2 Å². The largest absolute Gasteiger partial charge is 0.495 e. The number of rotatable bonds is 7. The summed E-state index contributed by atoms with van der Waals surface area (Å²) in [6.07, 6.45) is 0.967. The molecule has 1 aliphatic heterocycles. The Kier molecular flexibility index (Phi) is 7.67. The first kappa shape index (κ1) is 22.8. The number of nitrogens with one attached hydrogen (secondary N) is 2. The molecular weight excluding hydrogens is 430 g/mol. The van der Waals surface area contributed by atoms with E-state index in [4.69, 9.17) is 16.3 Å². The van der Waals surface area contributed by atoms with Crippen molar-refractivity contribution < 1.29 is 9.53 Å². The number of carbonyl (C=O) groups excluding carboxylic acids is 1. The number of methoxy groups -OCH3 is 1. The Morgan fingerprint density at radius 2 is 1.97 bits per heavy atom. The van der Waals surface area contributed by atoms with Crippen molar-refractivity contribution in [3.63, 3.8) is 0 Å². The molecule has 7 heteroatoms. The summed E-state index contributed by atoms with van der Waals surface area (Å²) in [6.45, 7) is 3.93. The van der Waals surface area contributed by atoms with E-state index >= 15 is 0 Å². The van der Waals surface area contributed by atoms with E-state index in [1.165, 1.54) is 0 Å². The van der Waals surface area contributed by atoms with Crippen LogP contribution in [-0.4, -0.2) is 18.8 Å². The van der Waals surface area contributed by atoms with E-state index in [9.17, 15) is 10.1 Å². The second kappa shape index (κ2) is 10.4. The van der Waals surface area contributed by atoms with E-state index < -0.39 is 5.92 Å². The van der Waals surface area contributed by atoms with Crippen LogP contribution in [0.4, 0.5) is 5.69 Å². The van der Waals surface area contributed by atoms with Crippen molar-refractivity contribution in [2.24, 2.45) is 0 Å². The molecule has 2 aromatic rings. The topological polar surface area (TPSA) is 74.2 Å². The molecule has 1 aliphatic rings. The molecule has 2 N–H and O–H groups in total. The number of dihydropyridines is 1. The molecule has 5 nitrogen and oxygen atoms in total. The molecule has 0 bridgehead atoms. The Morgan fingerprint density at radius 1 is 1.26 bits per heavy atom. The third-order valence-electron chi connectivity index (χ3n) is 4.91. The standard InChI is InChI=1S/C24H24ClN3O2S/c1-4-13-31-24-17(14-26)22(16-9-5-6-10-18(16)25)21(15(2)27-24)23(29)28-19-11-7-8-12-20(19)30-3/h5-12,22,27H,4,13H2,1-3H3,(H,28,29)/t22-/m1/s1. The SMILES string of the molecule is CCCSC1=C(C#N)[C@@H](c2ccccc2Cl)C(C(=O)Nc2ccccc2OC)=C(C)N1. The van der Waals surface area contributed by atoms with E-state index in [-0.39, 0.29) is 5.91 Å². The van der Waals surface area contributed by atoms with E-state index in [1.54, 1.807) is 37.1 Å². The molecule has 0 spiro atoms. The van der Waals surface area contributed by atoms with Crippen molar-refractivity contribution in [2.75, 3.05) is 18.2 Å². The van der Waals surface area contributed by atoms with Gasteiger partial charge in [-0.05, 0) is 42.9 Å². The third kappa shape index (κ3) is 4.90. The van der Waals surface area contributed by atoms with Gasteiger partial charge in [0.05, 0.1) is 35.4 Å². The average Bonchev–Trinajstić information content (AvgIpc) is 2.77. The monoisotopic (exact) mass is 453 g/mol. The number of benzene rings is 2. The fourth-order valence-corrected chi connectivity index (χ4v) is 4.69. The lowest BCUT2D eigenvalue weighted by Gasteiger charge is -2.30. The van der Waals surface area contributed by atoms with Gasteiger partial charge >= 0.3 is 0 Å². The van der Waals surface area contributed by atoms with Crippen molar-refractivity contribution >= 4 is 35.0 Å². The fraction of sp³-hybridized carbons (Fsp3) is 0.250. The van der Waals surface area contributed by atoms with Gasteiger partial charge in [0.1, 0.15) is 5.75 Å². The Morgan fingerprint density at radius 3 is 2.65 bits per heavy atom. The number of hydrogen-bond donors (Lipinski definition) is 2. The van der Waals surface area contributed by atoms with Crippen LogP contribution in [0.2, 0.25) is 5.02 Å². The van der Waals surface area contributed by atoms with Gasteiger partial charge in [0, 0.05) is 16.3 Å². The van der Waals surface area contributed by atoms with Crippen molar-refractivity contribution in [1.82, 2.24) is 5.32 Å². The molecule has 0 aliphatic carbocycles. The third-order valence-corrected chi connectivity index (χ3v) is 6.48. The number of thioether (sulfide) groups is 1. The van der Waals surface area contributed by atoms with Gasteiger partial charge in [-0.1, -0.05) is 48.9 Å². The predicted molar refractivity (Wildman–Crippen MR) is 127 cm³/mol. The molecule has 0 aromatic heterocycles. The van der Waals surface area contributed by atoms with Gasteiger partial charge in [-0.2, -0.15) is 5.26 Å². The van der Waals surface area contributed by atoms with Gasteiger partial charge < -0.3 is 15.4 Å². The van der Waals surface area contributed by atoms with Crippen LogP contribution in [-0.2, 0) is 4.79 Å². The minimum atomic E-state index is -0.575. The summed E-state index contributed by atoms with van der Waals surface area (Å²) in [7, 11) is 1.55. The minimum Gasteiger partial charge on any atom is -0.495 e. The van der Waals surface area contributed by atoms with Crippen LogP contribution in [0, 0.1) is 11.3 Å². The Balaban J connectivity index is 2.09. The smallest absolute Gasteiger partial charge is 0.254 e. The molecule has 31 heavy (non-hydrogen) atoms. The van der Waals surface area contributed by atoms with Crippen LogP contribution < -0.4 is 15.4 Å².